The van der Waals surface area contributed by atoms with Crippen LogP contribution in [0.2, 0.25) is 0 Å². The maximum Gasteiger partial charge on any atom is 0.184 e. The van der Waals surface area contributed by atoms with Crippen molar-refractivity contribution in [1.82, 2.24) is 0 Å². The number of pyridine rings is 1. The van der Waals surface area contributed by atoms with E-state index in [1.165, 1.54) is 289 Å². The summed E-state index contributed by atoms with van der Waals surface area (Å²) in [6.45, 7) is 8.19. The lowest BCUT2D eigenvalue weighted by molar-refractivity contribution is -0.705. The molecule has 1 heterocycles. The van der Waals surface area contributed by atoms with Crippen LogP contribution >= 0.6 is 0 Å². The van der Waals surface area contributed by atoms with Gasteiger partial charge < -0.3 is 0 Å². The van der Waals surface area contributed by atoms with E-state index in [4.69, 9.17) is 0 Å². The largest absolute Gasteiger partial charge is 0.202 e. The SMILES string of the molecule is CCCCCCCCCCCCCCCCCCc1ccc[n+](CCCCCCCCCCCC)c1CCCCCCCCCCCCCCCCCC. The van der Waals surface area contributed by atoms with Crippen molar-refractivity contribution in [2.45, 2.75) is 310 Å². The van der Waals surface area contributed by atoms with Crippen molar-refractivity contribution >= 4 is 0 Å². The molecule has 0 saturated heterocycles. The predicted molar refractivity (Wildman–Crippen MR) is 245 cm³/mol. The number of nitrogens with zero attached hydrogens (tertiary/aromatic N) is 1. The Labute approximate surface area is 342 Å². The third-order valence-electron chi connectivity index (χ3n) is 12.6. The molecule has 0 unspecified atom stereocenters. The molecular weight excluding hydrogens is 651 g/mol. The van der Waals surface area contributed by atoms with Crippen LogP contribution in [-0.2, 0) is 19.4 Å². The van der Waals surface area contributed by atoms with Crippen LogP contribution in [0.15, 0.2) is 18.3 Å². The van der Waals surface area contributed by atoms with Crippen LogP contribution in [0.4, 0.5) is 0 Å². The summed E-state index contributed by atoms with van der Waals surface area (Å²) in [6.07, 6.45) is 65.7. The van der Waals surface area contributed by atoms with E-state index in [1.807, 2.05) is 0 Å². The van der Waals surface area contributed by atoms with Crippen molar-refractivity contribution in [1.29, 1.82) is 0 Å². The van der Waals surface area contributed by atoms with Crippen LogP contribution < -0.4 is 4.57 Å². The molecule has 0 amide bonds. The van der Waals surface area contributed by atoms with Gasteiger partial charge in [-0.1, -0.05) is 265 Å². The van der Waals surface area contributed by atoms with Gasteiger partial charge in [0.1, 0.15) is 6.54 Å². The summed E-state index contributed by atoms with van der Waals surface area (Å²) in [4.78, 5) is 0. The summed E-state index contributed by atoms with van der Waals surface area (Å²) in [6, 6.07) is 4.86. The van der Waals surface area contributed by atoms with Gasteiger partial charge in [-0.25, -0.2) is 4.57 Å². The molecule has 1 aromatic rings. The van der Waals surface area contributed by atoms with E-state index in [2.05, 4.69) is 43.7 Å². The van der Waals surface area contributed by atoms with E-state index in [0.717, 1.165) is 0 Å². The van der Waals surface area contributed by atoms with E-state index >= 15 is 0 Å². The molecule has 0 bridgehead atoms. The Kier molecular flexibility index (Phi) is 41.0. The number of unbranched alkanes of at least 4 members (excludes halogenated alkanes) is 39. The fourth-order valence-corrected chi connectivity index (χ4v) is 8.85. The van der Waals surface area contributed by atoms with Gasteiger partial charge in [0.05, 0.1) is 0 Å². The standard InChI is InChI=1S/C53H102N/c1-4-7-10-13-16-19-22-24-26-28-30-32-34-37-40-43-47-52-48-46-51-54(50-45-42-39-36-21-18-15-12-9-6-3)53(52)49-44-41-38-35-33-31-29-27-25-23-20-17-14-11-8-5-2/h46,48,51H,4-45,47,49-50H2,1-3H3/q+1. The highest BCUT2D eigenvalue weighted by atomic mass is 15.0. The zero-order valence-corrected chi connectivity index (χ0v) is 38.0. The summed E-state index contributed by atoms with van der Waals surface area (Å²) in [5.41, 5.74) is 3.37. The van der Waals surface area contributed by atoms with E-state index in [9.17, 15) is 0 Å². The van der Waals surface area contributed by atoms with Crippen molar-refractivity contribution in [3.8, 4) is 0 Å². The van der Waals surface area contributed by atoms with Gasteiger partial charge in [-0.3, -0.25) is 0 Å². The van der Waals surface area contributed by atoms with Crippen LogP contribution in [0.3, 0.4) is 0 Å². The first-order chi connectivity index (χ1) is 26.8. The summed E-state index contributed by atoms with van der Waals surface area (Å²) in [5.74, 6) is 0. The van der Waals surface area contributed by atoms with Crippen LogP contribution in [0.1, 0.15) is 302 Å². The molecule has 0 atom stereocenters. The fourth-order valence-electron chi connectivity index (χ4n) is 8.85. The molecule has 318 valence electrons. The highest BCUT2D eigenvalue weighted by Crippen LogP contribution is 2.19. The van der Waals surface area contributed by atoms with Gasteiger partial charge in [-0.15, -0.1) is 0 Å². The topological polar surface area (TPSA) is 3.88 Å². The zero-order chi connectivity index (χ0) is 38.7. The monoisotopic (exact) mass is 753 g/mol. The molecule has 0 aromatic carbocycles. The molecule has 1 rings (SSSR count). The number of hydrogen-bond donors (Lipinski definition) is 0. The summed E-state index contributed by atoms with van der Waals surface area (Å²) in [7, 11) is 0. The average molecular weight is 753 g/mol. The number of aryl methyl sites for hydroxylation is 2. The average Bonchev–Trinajstić information content (AvgIpc) is 3.18. The van der Waals surface area contributed by atoms with Crippen molar-refractivity contribution in [2.24, 2.45) is 0 Å². The lowest BCUT2D eigenvalue weighted by atomic mass is 9.99. The van der Waals surface area contributed by atoms with Gasteiger partial charge in [0.15, 0.2) is 11.9 Å². The molecule has 54 heavy (non-hydrogen) atoms. The molecule has 1 nitrogen and oxygen atoms in total. The van der Waals surface area contributed by atoms with Gasteiger partial charge in [0.25, 0.3) is 0 Å². The third kappa shape index (κ3) is 34.4. The molecule has 0 aliphatic heterocycles. The van der Waals surface area contributed by atoms with E-state index in [-0.39, 0.29) is 0 Å². The minimum Gasteiger partial charge on any atom is -0.202 e. The molecule has 0 aliphatic rings. The highest BCUT2D eigenvalue weighted by Gasteiger charge is 2.15. The van der Waals surface area contributed by atoms with Crippen LogP contribution in [-0.4, -0.2) is 0 Å². The van der Waals surface area contributed by atoms with E-state index in [1.54, 1.807) is 11.3 Å². The maximum atomic E-state index is 2.69. The van der Waals surface area contributed by atoms with Gasteiger partial charge in [0.2, 0.25) is 0 Å². The summed E-state index contributed by atoms with van der Waals surface area (Å²) >= 11 is 0. The molecular formula is C53H102N+. The Hall–Kier alpha value is -0.850. The van der Waals surface area contributed by atoms with E-state index < -0.39 is 0 Å². The Balaban J connectivity index is 2.30. The van der Waals surface area contributed by atoms with Crippen molar-refractivity contribution in [3.63, 3.8) is 0 Å². The Morgan fingerprint density at radius 1 is 0.296 bits per heavy atom. The van der Waals surface area contributed by atoms with Crippen LogP contribution in [0.5, 0.6) is 0 Å². The minimum absolute atomic E-state index is 1.23. The van der Waals surface area contributed by atoms with Gasteiger partial charge in [-0.05, 0) is 31.7 Å². The van der Waals surface area contributed by atoms with Gasteiger partial charge >= 0.3 is 0 Å². The highest BCUT2D eigenvalue weighted by molar-refractivity contribution is 5.16. The van der Waals surface area contributed by atoms with Gasteiger partial charge in [-0.2, -0.15) is 0 Å². The van der Waals surface area contributed by atoms with Crippen molar-refractivity contribution in [3.05, 3.63) is 29.6 Å². The lowest BCUT2D eigenvalue weighted by Crippen LogP contribution is -2.39. The van der Waals surface area contributed by atoms with Crippen molar-refractivity contribution < 1.29 is 4.57 Å². The first kappa shape index (κ1) is 51.2. The van der Waals surface area contributed by atoms with Crippen LogP contribution in [0.25, 0.3) is 0 Å². The predicted octanol–water partition coefficient (Wildman–Crippen LogP) is 18.5. The lowest BCUT2D eigenvalue weighted by Gasteiger charge is -2.11. The Morgan fingerprint density at radius 3 is 0.870 bits per heavy atom. The smallest absolute Gasteiger partial charge is 0.184 e. The molecule has 0 N–H and O–H groups in total. The molecule has 1 heteroatoms. The first-order valence-corrected chi connectivity index (χ1v) is 25.8. The zero-order valence-electron chi connectivity index (χ0n) is 38.0. The molecule has 0 aliphatic carbocycles. The molecule has 0 radical (unpaired) electrons. The molecule has 0 saturated carbocycles. The third-order valence-corrected chi connectivity index (χ3v) is 12.6. The second kappa shape index (κ2) is 43.3. The summed E-state index contributed by atoms with van der Waals surface area (Å²) < 4.78 is 2.69. The number of hydrogen-bond acceptors (Lipinski definition) is 0. The fraction of sp³-hybridized carbons (Fsp3) is 0.906. The second-order valence-electron chi connectivity index (χ2n) is 18.0. The molecule has 0 spiro atoms. The quantitative estimate of drug-likeness (QED) is 0.0461. The number of aromatic nitrogens is 1. The minimum atomic E-state index is 1.23. The molecule has 1 aromatic heterocycles. The second-order valence-corrected chi connectivity index (χ2v) is 18.0. The molecule has 0 fully saturated rings. The Morgan fingerprint density at radius 2 is 0.556 bits per heavy atom. The maximum absolute atomic E-state index is 2.69. The normalized spacial score (nSPS) is 11.6. The Bertz CT molecular complexity index is 844. The first-order valence-electron chi connectivity index (χ1n) is 25.8. The van der Waals surface area contributed by atoms with E-state index in [0.29, 0.717) is 0 Å². The van der Waals surface area contributed by atoms with Crippen LogP contribution in [0, 0.1) is 0 Å². The number of rotatable bonds is 45. The van der Waals surface area contributed by atoms with Crippen molar-refractivity contribution in [2.75, 3.05) is 0 Å². The van der Waals surface area contributed by atoms with Gasteiger partial charge in [0, 0.05) is 24.5 Å². The summed E-state index contributed by atoms with van der Waals surface area (Å²) in [5, 5.41) is 0.